The van der Waals surface area contributed by atoms with Crippen LogP contribution < -0.4 is 10.1 Å². The smallest absolute Gasteiger partial charge is 0.122 e. The van der Waals surface area contributed by atoms with Gasteiger partial charge in [0.05, 0.1) is 12.8 Å². The Morgan fingerprint density at radius 2 is 2.26 bits per heavy atom. The molecule has 0 bridgehead atoms. The number of pyridine rings is 1. The summed E-state index contributed by atoms with van der Waals surface area (Å²) in [5.41, 5.74) is 2.06. The van der Waals surface area contributed by atoms with Gasteiger partial charge in [0.25, 0.3) is 0 Å². The van der Waals surface area contributed by atoms with Gasteiger partial charge < -0.3 is 15.0 Å². The van der Waals surface area contributed by atoms with Gasteiger partial charge in [-0.2, -0.15) is 0 Å². The molecule has 19 heavy (non-hydrogen) atoms. The first kappa shape index (κ1) is 14.3. The minimum Gasteiger partial charge on any atom is -0.497 e. The zero-order chi connectivity index (χ0) is 13.7. The Morgan fingerprint density at radius 3 is 3.00 bits per heavy atom. The van der Waals surface area contributed by atoms with Crippen LogP contribution in [0.5, 0.6) is 5.75 Å². The highest BCUT2D eigenvalue weighted by atomic mass is 16.5. The molecule has 1 aromatic heterocycles. The van der Waals surface area contributed by atoms with Crippen LogP contribution in [0.4, 0.5) is 0 Å². The third kappa shape index (κ3) is 4.18. The zero-order valence-corrected chi connectivity index (χ0v) is 12.3. The highest BCUT2D eigenvalue weighted by molar-refractivity contribution is 5.26. The number of aryl methyl sites for hydroxylation is 1. The van der Waals surface area contributed by atoms with Gasteiger partial charge in [0.15, 0.2) is 0 Å². The molecule has 1 fully saturated rings. The largest absolute Gasteiger partial charge is 0.497 e. The van der Waals surface area contributed by atoms with Crippen molar-refractivity contribution >= 4 is 0 Å². The van der Waals surface area contributed by atoms with Crippen LogP contribution in [0.3, 0.4) is 0 Å². The van der Waals surface area contributed by atoms with Crippen molar-refractivity contribution in [3.63, 3.8) is 0 Å². The van der Waals surface area contributed by atoms with Crippen LogP contribution in [0.15, 0.2) is 12.1 Å². The molecule has 1 aliphatic rings. The van der Waals surface area contributed by atoms with Gasteiger partial charge in [-0.25, -0.2) is 0 Å². The summed E-state index contributed by atoms with van der Waals surface area (Å²) in [6.45, 7) is 5.07. The fourth-order valence-corrected chi connectivity index (χ4v) is 2.68. The summed E-state index contributed by atoms with van der Waals surface area (Å²) in [5.74, 6) is 0.888. The number of ether oxygens (including phenoxy) is 1. The normalized spacial score (nSPS) is 20.5. The highest BCUT2D eigenvalue weighted by Gasteiger charge is 2.17. The van der Waals surface area contributed by atoms with Crippen molar-refractivity contribution in [2.75, 3.05) is 27.2 Å². The highest BCUT2D eigenvalue weighted by Crippen LogP contribution is 2.15. The van der Waals surface area contributed by atoms with Crippen molar-refractivity contribution in [2.24, 2.45) is 0 Å². The van der Waals surface area contributed by atoms with Gasteiger partial charge >= 0.3 is 0 Å². The number of methoxy groups -OCH3 is 1. The molecule has 4 nitrogen and oxygen atoms in total. The average Bonchev–Trinajstić information content (AvgIpc) is 2.40. The summed E-state index contributed by atoms with van der Waals surface area (Å²) in [7, 11) is 3.92. The number of likely N-dealkylation sites (N-methyl/N-ethyl adjacent to an activating group) is 1. The lowest BCUT2D eigenvalue weighted by atomic mass is 10.0. The van der Waals surface area contributed by atoms with Crippen LogP contribution >= 0.6 is 0 Å². The topological polar surface area (TPSA) is 37.4 Å². The second-order valence-corrected chi connectivity index (χ2v) is 5.40. The van der Waals surface area contributed by atoms with Crippen LogP contribution in [0, 0.1) is 6.92 Å². The van der Waals surface area contributed by atoms with Gasteiger partial charge in [-0.05, 0) is 33.4 Å². The maximum absolute atomic E-state index is 5.27. The first-order chi connectivity index (χ1) is 9.19. The van der Waals surface area contributed by atoms with E-state index < -0.39 is 0 Å². The molecule has 1 unspecified atom stereocenters. The number of nitrogens with zero attached hydrogens (tertiary/aromatic N) is 2. The molecule has 2 rings (SSSR count). The number of hydrogen-bond acceptors (Lipinski definition) is 4. The molecule has 0 aromatic carbocycles. The zero-order valence-electron chi connectivity index (χ0n) is 12.3. The summed E-state index contributed by atoms with van der Waals surface area (Å²) in [6.07, 6.45) is 3.99. The SMILES string of the molecule is COc1cc(C)nc(CNCC2CCCCN2C)c1. The van der Waals surface area contributed by atoms with Crippen molar-refractivity contribution in [3.8, 4) is 5.75 Å². The summed E-state index contributed by atoms with van der Waals surface area (Å²) in [4.78, 5) is 6.99. The number of nitrogens with one attached hydrogen (secondary N) is 1. The minimum absolute atomic E-state index is 0.667. The van der Waals surface area contributed by atoms with E-state index >= 15 is 0 Å². The Kier molecular flexibility index (Phi) is 5.16. The molecule has 0 aliphatic carbocycles. The van der Waals surface area contributed by atoms with E-state index in [1.807, 2.05) is 19.1 Å². The van der Waals surface area contributed by atoms with Gasteiger partial charge in [-0.15, -0.1) is 0 Å². The predicted molar refractivity (Wildman–Crippen MR) is 77.5 cm³/mol. The van der Waals surface area contributed by atoms with Crippen LogP contribution in [0.25, 0.3) is 0 Å². The maximum atomic E-state index is 5.27. The Bertz CT molecular complexity index is 408. The molecule has 106 valence electrons. The summed E-state index contributed by atoms with van der Waals surface area (Å²) >= 11 is 0. The van der Waals surface area contributed by atoms with Crippen LogP contribution in [-0.4, -0.2) is 43.2 Å². The van der Waals surface area contributed by atoms with E-state index in [2.05, 4.69) is 22.2 Å². The molecule has 1 N–H and O–H groups in total. The monoisotopic (exact) mass is 263 g/mol. The van der Waals surface area contributed by atoms with E-state index in [1.54, 1.807) is 7.11 Å². The Labute approximate surface area is 116 Å². The van der Waals surface area contributed by atoms with E-state index in [0.29, 0.717) is 6.04 Å². The van der Waals surface area contributed by atoms with Crippen molar-refractivity contribution in [1.29, 1.82) is 0 Å². The molecule has 0 saturated carbocycles. The Morgan fingerprint density at radius 1 is 1.42 bits per heavy atom. The van der Waals surface area contributed by atoms with Crippen LogP contribution in [0.1, 0.15) is 30.7 Å². The number of aromatic nitrogens is 1. The standard InChI is InChI=1S/C15H25N3O/c1-12-8-15(19-3)9-13(17-12)10-16-11-14-6-4-5-7-18(14)2/h8-9,14,16H,4-7,10-11H2,1-3H3. The van der Waals surface area contributed by atoms with Crippen molar-refractivity contribution in [1.82, 2.24) is 15.2 Å². The molecule has 1 saturated heterocycles. The van der Waals surface area contributed by atoms with Crippen molar-refractivity contribution in [2.45, 2.75) is 38.8 Å². The molecule has 0 spiro atoms. The number of likely N-dealkylation sites (tertiary alicyclic amines) is 1. The van der Waals surface area contributed by atoms with Crippen LogP contribution in [0.2, 0.25) is 0 Å². The number of hydrogen-bond donors (Lipinski definition) is 1. The van der Waals surface area contributed by atoms with E-state index in [4.69, 9.17) is 4.74 Å². The Hall–Kier alpha value is -1.13. The fraction of sp³-hybridized carbons (Fsp3) is 0.667. The molecule has 1 aromatic rings. The molecular formula is C15H25N3O. The van der Waals surface area contributed by atoms with E-state index in [-0.39, 0.29) is 0 Å². The first-order valence-corrected chi connectivity index (χ1v) is 7.11. The minimum atomic E-state index is 0.667. The van der Waals surface area contributed by atoms with Gasteiger partial charge in [0.2, 0.25) is 0 Å². The third-order valence-electron chi connectivity index (χ3n) is 3.82. The lowest BCUT2D eigenvalue weighted by Crippen LogP contribution is -2.42. The molecule has 0 radical (unpaired) electrons. The van der Waals surface area contributed by atoms with E-state index in [1.165, 1.54) is 25.8 Å². The molecular weight excluding hydrogens is 238 g/mol. The molecule has 4 heteroatoms. The van der Waals surface area contributed by atoms with Gasteiger partial charge in [0.1, 0.15) is 5.75 Å². The van der Waals surface area contributed by atoms with Crippen molar-refractivity contribution < 1.29 is 4.74 Å². The molecule has 0 amide bonds. The summed E-state index contributed by atoms with van der Waals surface area (Å²) in [6, 6.07) is 4.63. The fourth-order valence-electron chi connectivity index (χ4n) is 2.68. The van der Waals surface area contributed by atoms with Gasteiger partial charge in [0, 0.05) is 37.0 Å². The van der Waals surface area contributed by atoms with Crippen molar-refractivity contribution in [3.05, 3.63) is 23.5 Å². The second kappa shape index (κ2) is 6.87. The summed E-state index contributed by atoms with van der Waals surface area (Å²) < 4.78 is 5.27. The number of rotatable bonds is 5. The molecule has 2 heterocycles. The molecule has 1 atom stereocenters. The number of piperidine rings is 1. The van der Waals surface area contributed by atoms with E-state index in [0.717, 1.165) is 30.2 Å². The second-order valence-electron chi connectivity index (χ2n) is 5.40. The first-order valence-electron chi connectivity index (χ1n) is 7.11. The quantitative estimate of drug-likeness (QED) is 0.881. The summed E-state index contributed by atoms with van der Waals surface area (Å²) in [5, 5.41) is 3.52. The lowest BCUT2D eigenvalue weighted by Gasteiger charge is -2.32. The van der Waals surface area contributed by atoms with E-state index in [9.17, 15) is 0 Å². The van der Waals surface area contributed by atoms with Crippen LogP contribution in [-0.2, 0) is 6.54 Å². The van der Waals surface area contributed by atoms with Gasteiger partial charge in [-0.1, -0.05) is 6.42 Å². The Balaban J connectivity index is 1.83. The lowest BCUT2D eigenvalue weighted by molar-refractivity contribution is 0.181. The maximum Gasteiger partial charge on any atom is 0.122 e. The third-order valence-corrected chi connectivity index (χ3v) is 3.82. The van der Waals surface area contributed by atoms with Gasteiger partial charge in [-0.3, -0.25) is 4.98 Å². The average molecular weight is 263 g/mol. The molecule has 1 aliphatic heterocycles. The predicted octanol–water partition coefficient (Wildman–Crippen LogP) is 1.97.